The van der Waals surface area contributed by atoms with E-state index < -0.39 is 8.32 Å². The molecule has 3 nitrogen and oxygen atoms in total. The Kier molecular flexibility index (Phi) is 5.83. The molecule has 0 unspecified atom stereocenters. The van der Waals surface area contributed by atoms with Crippen molar-refractivity contribution in [2.45, 2.75) is 39.4 Å². The summed E-state index contributed by atoms with van der Waals surface area (Å²) in [6, 6.07) is 0. The van der Waals surface area contributed by atoms with E-state index in [9.17, 15) is 4.79 Å². The fraction of sp³-hybridized carbons (Fsp3) is 0.727. The third-order valence-corrected chi connectivity index (χ3v) is 6.24. The highest BCUT2D eigenvalue weighted by Crippen LogP contribution is 2.21. The van der Waals surface area contributed by atoms with E-state index in [4.69, 9.17) is 9.16 Å². The van der Waals surface area contributed by atoms with Gasteiger partial charge in [0.2, 0.25) is 0 Å². The molecule has 0 fully saturated rings. The lowest BCUT2D eigenvalue weighted by Gasteiger charge is -2.26. The van der Waals surface area contributed by atoms with E-state index in [2.05, 4.69) is 33.5 Å². The van der Waals surface area contributed by atoms with Gasteiger partial charge in [0.1, 0.15) is 0 Å². The van der Waals surface area contributed by atoms with Crippen molar-refractivity contribution in [2.24, 2.45) is 0 Å². The van der Waals surface area contributed by atoms with Crippen LogP contribution in [-0.2, 0) is 14.0 Å². The molecule has 0 spiro atoms. The molecule has 0 saturated carbocycles. The minimum Gasteiger partial charge on any atom is -0.463 e. The van der Waals surface area contributed by atoms with Crippen LogP contribution in [0.3, 0.4) is 0 Å². The topological polar surface area (TPSA) is 35.5 Å². The Morgan fingerprint density at radius 1 is 1.40 bits per heavy atom. The van der Waals surface area contributed by atoms with Crippen LogP contribution in [0.5, 0.6) is 0 Å². The lowest BCUT2D eigenvalue weighted by atomic mass is 10.3. The van der Waals surface area contributed by atoms with Gasteiger partial charge in [0.15, 0.2) is 8.32 Å². The molecule has 0 saturated heterocycles. The molecule has 15 heavy (non-hydrogen) atoms. The summed E-state index contributed by atoms with van der Waals surface area (Å²) in [5, 5.41) is 0. The van der Waals surface area contributed by atoms with Crippen LogP contribution < -0.4 is 0 Å². The van der Waals surface area contributed by atoms with E-state index >= 15 is 0 Å². The van der Waals surface area contributed by atoms with Gasteiger partial charge in [0.05, 0.1) is 18.8 Å². The van der Waals surface area contributed by atoms with Crippen LogP contribution in [0.4, 0.5) is 0 Å². The van der Waals surface area contributed by atoms with Gasteiger partial charge in [0.25, 0.3) is 0 Å². The first kappa shape index (κ1) is 14.4. The number of hydrogen-bond donors (Lipinski definition) is 0. The number of rotatable bonds is 6. The molecule has 0 radical (unpaired) electrons. The number of carbonyl (C=O) groups is 1. The summed E-state index contributed by atoms with van der Waals surface area (Å²) in [5.74, 6) is -0.356. The second kappa shape index (κ2) is 6.08. The summed E-state index contributed by atoms with van der Waals surface area (Å²) < 4.78 is 10.6. The molecule has 0 aliphatic rings. The van der Waals surface area contributed by atoms with Crippen molar-refractivity contribution in [1.29, 1.82) is 0 Å². The fourth-order valence-electron chi connectivity index (χ4n) is 0.732. The van der Waals surface area contributed by atoms with Gasteiger partial charge in [-0.25, -0.2) is 4.79 Å². The molecule has 0 heterocycles. The average molecular weight is 230 g/mol. The summed E-state index contributed by atoms with van der Waals surface area (Å²) in [4.78, 5) is 11.2. The number of esters is 1. The Bertz CT molecular complexity index is 234. The molecule has 88 valence electrons. The molecule has 0 bridgehead atoms. The summed E-state index contributed by atoms with van der Waals surface area (Å²) in [6.07, 6.45) is 0. The average Bonchev–Trinajstić information content (AvgIpc) is 2.14. The van der Waals surface area contributed by atoms with E-state index in [0.29, 0.717) is 17.7 Å². The molecule has 0 amide bonds. The highest BCUT2D eigenvalue weighted by atomic mass is 28.4. The zero-order chi connectivity index (χ0) is 12.1. The first-order chi connectivity index (χ1) is 6.81. The first-order valence-electron chi connectivity index (χ1n) is 5.30. The maximum Gasteiger partial charge on any atom is 0.335 e. The van der Waals surface area contributed by atoms with E-state index in [1.165, 1.54) is 0 Å². The molecule has 0 aromatic carbocycles. The number of carbonyl (C=O) groups excluding carboxylic acids is 1. The van der Waals surface area contributed by atoms with Crippen molar-refractivity contribution in [1.82, 2.24) is 0 Å². The van der Waals surface area contributed by atoms with Gasteiger partial charge in [-0.05, 0) is 25.6 Å². The zero-order valence-electron chi connectivity index (χ0n) is 10.4. The molecule has 0 aliphatic heterocycles. The largest absolute Gasteiger partial charge is 0.463 e. The quantitative estimate of drug-likeness (QED) is 0.400. The number of hydrogen-bond acceptors (Lipinski definition) is 3. The van der Waals surface area contributed by atoms with Gasteiger partial charge in [-0.15, -0.1) is 0 Å². The van der Waals surface area contributed by atoms with Crippen LogP contribution in [0.15, 0.2) is 12.2 Å². The number of ether oxygens (including phenoxy) is 1. The summed E-state index contributed by atoms with van der Waals surface area (Å²) in [7, 11) is -1.68. The molecule has 4 heteroatoms. The normalized spacial score (nSPS) is 11.6. The van der Waals surface area contributed by atoms with Gasteiger partial charge in [0, 0.05) is 0 Å². The molecule has 0 aromatic rings. The summed E-state index contributed by atoms with van der Waals surface area (Å²) in [6.45, 7) is 14.6. The van der Waals surface area contributed by atoms with Gasteiger partial charge in [-0.2, -0.15) is 0 Å². The second-order valence-electron chi connectivity index (χ2n) is 4.37. The molecule has 0 aromatic heterocycles. The SMILES string of the molecule is C=C(CO[Si](C)(C)C(C)C)C(=O)OCC. The molecule has 0 N–H and O–H groups in total. The van der Waals surface area contributed by atoms with E-state index in [0.717, 1.165) is 0 Å². The smallest absolute Gasteiger partial charge is 0.335 e. The van der Waals surface area contributed by atoms with E-state index in [1.54, 1.807) is 6.92 Å². The predicted molar refractivity (Wildman–Crippen MR) is 64.3 cm³/mol. The molecule has 0 atom stereocenters. The highest BCUT2D eigenvalue weighted by Gasteiger charge is 2.27. The third kappa shape index (κ3) is 5.13. The highest BCUT2D eigenvalue weighted by molar-refractivity contribution is 6.72. The van der Waals surface area contributed by atoms with Gasteiger partial charge in [-0.1, -0.05) is 20.4 Å². The molecular weight excluding hydrogens is 208 g/mol. The van der Waals surface area contributed by atoms with Crippen LogP contribution in [0.2, 0.25) is 18.6 Å². The fourth-order valence-corrected chi connectivity index (χ4v) is 1.61. The lowest BCUT2D eigenvalue weighted by molar-refractivity contribution is -0.138. The standard InChI is InChI=1S/C11H22O3Si/c1-7-13-11(12)10(4)8-14-15(5,6)9(2)3/h9H,4,7-8H2,1-3,5-6H3. The van der Waals surface area contributed by atoms with E-state index in [-0.39, 0.29) is 12.6 Å². The minimum absolute atomic E-state index is 0.288. The Hall–Kier alpha value is -0.613. The maximum atomic E-state index is 11.2. The first-order valence-corrected chi connectivity index (χ1v) is 8.28. The van der Waals surface area contributed by atoms with Crippen molar-refractivity contribution >= 4 is 14.3 Å². The Morgan fingerprint density at radius 3 is 2.33 bits per heavy atom. The summed E-state index contributed by atoms with van der Waals surface area (Å²) in [5.41, 5.74) is 0.922. The Balaban J connectivity index is 4.06. The van der Waals surface area contributed by atoms with Crippen molar-refractivity contribution in [3.05, 3.63) is 12.2 Å². The predicted octanol–water partition coefficient (Wildman–Crippen LogP) is 2.74. The molecule has 0 aliphatic carbocycles. The van der Waals surface area contributed by atoms with Gasteiger partial charge < -0.3 is 9.16 Å². The monoisotopic (exact) mass is 230 g/mol. The van der Waals surface area contributed by atoms with Crippen LogP contribution in [-0.4, -0.2) is 27.5 Å². The van der Waals surface area contributed by atoms with Crippen molar-refractivity contribution in [3.63, 3.8) is 0 Å². The minimum atomic E-state index is -1.68. The van der Waals surface area contributed by atoms with Crippen LogP contribution in [0.1, 0.15) is 20.8 Å². The zero-order valence-corrected chi connectivity index (χ0v) is 11.4. The lowest BCUT2D eigenvalue weighted by Crippen LogP contribution is -2.35. The van der Waals surface area contributed by atoms with Crippen LogP contribution in [0.25, 0.3) is 0 Å². The molecule has 0 rings (SSSR count). The Labute approximate surface area is 93.6 Å². The van der Waals surface area contributed by atoms with Gasteiger partial charge >= 0.3 is 5.97 Å². The van der Waals surface area contributed by atoms with Crippen molar-refractivity contribution < 1.29 is 14.0 Å². The van der Waals surface area contributed by atoms with Crippen LogP contribution in [0, 0.1) is 0 Å². The third-order valence-electron chi connectivity index (χ3n) is 2.57. The van der Waals surface area contributed by atoms with Crippen molar-refractivity contribution in [3.8, 4) is 0 Å². The van der Waals surface area contributed by atoms with Crippen molar-refractivity contribution in [2.75, 3.05) is 13.2 Å². The summed E-state index contributed by atoms with van der Waals surface area (Å²) >= 11 is 0. The molecular formula is C11H22O3Si. The second-order valence-corrected chi connectivity index (χ2v) is 9.02. The van der Waals surface area contributed by atoms with Gasteiger partial charge in [-0.3, -0.25) is 0 Å². The van der Waals surface area contributed by atoms with Crippen LogP contribution >= 0.6 is 0 Å². The Morgan fingerprint density at radius 2 is 1.93 bits per heavy atom. The van der Waals surface area contributed by atoms with E-state index in [1.807, 2.05) is 0 Å². The maximum absolute atomic E-state index is 11.2.